The molecule has 0 amide bonds. The number of esters is 1. The van der Waals surface area contributed by atoms with Crippen molar-refractivity contribution in [2.45, 2.75) is 0 Å². The summed E-state index contributed by atoms with van der Waals surface area (Å²) in [6, 6.07) is 7.81. The molecule has 21 heavy (non-hydrogen) atoms. The zero-order valence-electron chi connectivity index (χ0n) is 10.2. The number of nitrogens with zero attached hydrogens (tertiary/aromatic N) is 1. The summed E-state index contributed by atoms with van der Waals surface area (Å²) in [5.41, 5.74) is -0.412. The van der Waals surface area contributed by atoms with Gasteiger partial charge in [-0.15, -0.1) is 0 Å². The van der Waals surface area contributed by atoms with Gasteiger partial charge in [0.2, 0.25) is 0 Å². The van der Waals surface area contributed by atoms with E-state index >= 15 is 0 Å². The molecule has 0 heterocycles. The Morgan fingerprint density at radius 1 is 1.05 bits per heavy atom. The van der Waals surface area contributed by atoms with Gasteiger partial charge in [-0.05, 0) is 18.2 Å². The average molecular weight is 347 g/mol. The van der Waals surface area contributed by atoms with Gasteiger partial charge in [-0.25, -0.2) is 4.79 Å². The van der Waals surface area contributed by atoms with Crippen LogP contribution in [-0.2, 0) is 0 Å². The van der Waals surface area contributed by atoms with E-state index in [0.717, 1.165) is 6.07 Å². The van der Waals surface area contributed by atoms with Crippen molar-refractivity contribution in [3.63, 3.8) is 0 Å². The van der Waals surface area contributed by atoms with Crippen molar-refractivity contribution >= 4 is 46.5 Å². The topological polar surface area (TPSA) is 69.4 Å². The van der Waals surface area contributed by atoms with E-state index in [-0.39, 0.29) is 27.0 Å². The molecule has 0 radical (unpaired) electrons. The van der Waals surface area contributed by atoms with Gasteiger partial charge in [-0.2, -0.15) is 0 Å². The van der Waals surface area contributed by atoms with Crippen molar-refractivity contribution in [3.05, 3.63) is 67.1 Å². The highest BCUT2D eigenvalue weighted by molar-refractivity contribution is 6.35. The second kappa shape index (κ2) is 6.30. The summed E-state index contributed by atoms with van der Waals surface area (Å²) in [5.74, 6) is -0.829. The SMILES string of the molecule is O=C(Oc1cc(Cl)ccc1Cl)c1cc([N+](=O)[O-])ccc1Cl. The summed E-state index contributed by atoms with van der Waals surface area (Å²) in [6.07, 6.45) is 0. The zero-order chi connectivity index (χ0) is 15.6. The fourth-order valence-corrected chi connectivity index (χ4v) is 2.01. The summed E-state index contributed by atoms with van der Waals surface area (Å²) in [4.78, 5) is 22.1. The molecule has 108 valence electrons. The Morgan fingerprint density at radius 3 is 2.38 bits per heavy atom. The monoisotopic (exact) mass is 345 g/mol. The lowest BCUT2D eigenvalue weighted by atomic mass is 10.2. The maximum Gasteiger partial charge on any atom is 0.345 e. The molecule has 0 fully saturated rings. The predicted octanol–water partition coefficient (Wildman–Crippen LogP) is 4.77. The van der Waals surface area contributed by atoms with Crippen molar-refractivity contribution in [1.29, 1.82) is 0 Å². The van der Waals surface area contributed by atoms with Crippen LogP contribution in [-0.4, -0.2) is 10.9 Å². The third-order valence-electron chi connectivity index (χ3n) is 2.48. The normalized spacial score (nSPS) is 10.2. The second-order valence-corrected chi connectivity index (χ2v) is 5.14. The molecule has 0 N–H and O–H groups in total. The van der Waals surface area contributed by atoms with Crippen LogP contribution in [0.1, 0.15) is 10.4 Å². The standard InChI is InChI=1S/C13H6Cl3NO4/c14-7-1-3-11(16)12(5-7)21-13(18)9-6-8(17(19)20)2-4-10(9)15/h1-6H. The number of non-ortho nitro benzene ring substituents is 1. The summed E-state index contributed by atoms with van der Waals surface area (Å²) in [7, 11) is 0. The summed E-state index contributed by atoms with van der Waals surface area (Å²) >= 11 is 17.5. The predicted molar refractivity (Wildman–Crippen MR) is 79.5 cm³/mol. The number of carbonyl (C=O) groups excluding carboxylic acids is 1. The molecule has 0 aliphatic carbocycles. The highest BCUT2D eigenvalue weighted by Gasteiger charge is 2.18. The Bertz CT molecular complexity index is 733. The first-order valence-electron chi connectivity index (χ1n) is 5.49. The number of nitro groups is 1. The van der Waals surface area contributed by atoms with E-state index in [1.807, 2.05) is 0 Å². The number of ether oxygens (including phenoxy) is 1. The summed E-state index contributed by atoms with van der Waals surface area (Å²) in [5, 5.41) is 11.2. The van der Waals surface area contributed by atoms with Crippen molar-refractivity contribution < 1.29 is 14.5 Å². The largest absolute Gasteiger partial charge is 0.421 e. The highest BCUT2D eigenvalue weighted by atomic mass is 35.5. The fourth-order valence-electron chi connectivity index (χ4n) is 1.49. The van der Waals surface area contributed by atoms with Gasteiger partial charge in [-0.3, -0.25) is 10.1 Å². The first kappa shape index (κ1) is 15.6. The lowest BCUT2D eigenvalue weighted by Gasteiger charge is -2.07. The van der Waals surface area contributed by atoms with Gasteiger partial charge in [0.25, 0.3) is 5.69 Å². The maximum atomic E-state index is 12.0. The van der Waals surface area contributed by atoms with E-state index in [2.05, 4.69) is 0 Å². The molecule has 2 rings (SSSR count). The van der Waals surface area contributed by atoms with Crippen LogP contribution in [0, 0.1) is 10.1 Å². The van der Waals surface area contributed by atoms with E-state index in [0.29, 0.717) is 5.02 Å². The van der Waals surface area contributed by atoms with Crippen molar-refractivity contribution in [1.82, 2.24) is 0 Å². The molecule has 0 saturated heterocycles. The van der Waals surface area contributed by atoms with E-state index < -0.39 is 10.9 Å². The van der Waals surface area contributed by atoms with Crippen LogP contribution in [0.15, 0.2) is 36.4 Å². The maximum absolute atomic E-state index is 12.0. The third kappa shape index (κ3) is 3.64. The highest BCUT2D eigenvalue weighted by Crippen LogP contribution is 2.30. The molecule has 0 aliphatic heterocycles. The van der Waals surface area contributed by atoms with Crippen molar-refractivity contribution in [3.8, 4) is 5.75 Å². The van der Waals surface area contributed by atoms with Gasteiger partial charge in [-0.1, -0.05) is 34.8 Å². The van der Waals surface area contributed by atoms with E-state index in [9.17, 15) is 14.9 Å². The first-order valence-corrected chi connectivity index (χ1v) is 6.63. The van der Waals surface area contributed by atoms with Gasteiger partial charge in [0.15, 0.2) is 5.75 Å². The van der Waals surface area contributed by atoms with Gasteiger partial charge < -0.3 is 4.74 Å². The molecule has 0 atom stereocenters. The summed E-state index contributed by atoms with van der Waals surface area (Å²) in [6.45, 7) is 0. The van der Waals surface area contributed by atoms with Crippen molar-refractivity contribution in [2.75, 3.05) is 0 Å². The molecule has 0 bridgehead atoms. The Morgan fingerprint density at radius 2 is 1.71 bits per heavy atom. The van der Waals surface area contributed by atoms with E-state index in [1.165, 1.54) is 30.3 Å². The molecule has 5 nitrogen and oxygen atoms in total. The quantitative estimate of drug-likeness (QED) is 0.347. The number of halogens is 3. The van der Waals surface area contributed by atoms with Gasteiger partial charge in [0, 0.05) is 23.2 Å². The fraction of sp³-hybridized carbons (Fsp3) is 0. The van der Waals surface area contributed by atoms with Gasteiger partial charge in [0.1, 0.15) is 0 Å². The third-order valence-corrected chi connectivity index (χ3v) is 3.35. The minimum atomic E-state index is -0.868. The Kier molecular flexibility index (Phi) is 4.67. The number of benzene rings is 2. The Balaban J connectivity index is 2.34. The molecule has 0 spiro atoms. The lowest BCUT2D eigenvalue weighted by Crippen LogP contribution is -2.10. The van der Waals surface area contributed by atoms with Crippen LogP contribution >= 0.6 is 34.8 Å². The number of rotatable bonds is 3. The Labute approximate surface area is 134 Å². The molecule has 2 aromatic rings. The van der Waals surface area contributed by atoms with E-state index in [1.54, 1.807) is 0 Å². The number of nitro benzene ring substituents is 1. The molecule has 0 aromatic heterocycles. The molecular weight excluding hydrogens is 341 g/mol. The Hall–Kier alpha value is -1.82. The second-order valence-electron chi connectivity index (χ2n) is 3.89. The lowest BCUT2D eigenvalue weighted by molar-refractivity contribution is -0.384. The molecule has 0 unspecified atom stereocenters. The molecule has 8 heteroatoms. The number of carbonyl (C=O) groups is 1. The minimum Gasteiger partial charge on any atom is -0.421 e. The van der Waals surface area contributed by atoms with Gasteiger partial charge >= 0.3 is 5.97 Å². The smallest absolute Gasteiger partial charge is 0.345 e. The molecule has 0 saturated carbocycles. The average Bonchev–Trinajstić information content (AvgIpc) is 2.43. The van der Waals surface area contributed by atoms with Crippen LogP contribution in [0.3, 0.4) is 0 Å². The van der Waals surface area contributed by atoms with Crippen LogP contribution < -0.4 is 4.74 Å². The number of hydrogen-bond acceptors (Lipinski definition) is 4. The molecular formula is C13H6Cl3NO4. The van der Waals surface area contributed by atoms with Gasteiger partial charge in [0.05, 0.1) is 20.5 Å². The van der Waals surface area contributed by atoms with Crippen LogP contribution in [0.4, 0.5) is 5.69 Å². The van der Waals surface area contributed by atoms with Crippen LogP contribution in [0.2, 0.25) is 15.1 Å². The van der Waals surface area contributed by atoms with Crippen LogP contribution in [0.25, 0.3) is 0 Å². The van der Waals surface area contributed by atoms with E-state index in [4.69, 9.17) is 39.5 Å². The minimum absolute atomic E-state index is 0.0313. The van der Waals surface area contributed by atoms with Crippen molar-refractivity contribution in [2.24, 2.45) is 0 Å². The number of hydrogen-bond donors (Lipinski definition) is 0. The molecule has 0 aliphatic rings. The zero-order valence-corrected chi connectivity index (χ0v) is 12.4. The summed E-state index contributed by atoms with van der Waals surface area (Å²) < 4.78 is 5.07. The first-order chi connectivity index (χ1) is 9.88. The van der Waals surface area contributed by atoms with Crippen LogP contribution in [0.5, 0.6) is 5.75 Å². The molecule has 2 aromatic carbocycles.